The summed E-state index contributed by atoms with van der Waals surface area (Å²) in [6.07, 6.45) is 0. The smallest absolute Gasteiger partial charge is 0.258 e. The molecule has 0 saturated carbocycles. The van der Waals surface area contributed by atoms with Gasteiger partial charge in [-0.05, 0) is 54.8 Å². The number of anilines is 1. The van der Waals surface area contributed by atoms with Crippen molar-refractivity contribution < 1.29 is 14.3 Å². The summed E-state index contributed by atoms with van der Waals surface area (Å²) in [6, 6.07) is 19.7. The van der Waals surface area contributed by atoms with Crippen LogP contribution in [0.5, 0.6) is 5.75 Å². The van der Waals surface area contributed by atoms with Crippen molar-refractivity contribution in [1.29, 1.82) is 0 Å². The lowest BCUT2D eigenvalue weighted by atomic mass is 10.1. The van der Waals surface area contributed by atoms with Crippen LogP contribution in [0.3, 0.4) is 0 Å². The highest BCUT2D eigenvalue weighted by atomic mass is 32.2. The first-order valence-corrected chi connectivity index (χ1v) is 12.7. The fraction of sp³-hybridized carbons (Fsp3) is 0.259. The third-order valence-corrected chi connectivity index (χ3v) is 6.64. The van der Waals surface area contributed by atoms with Gasteiger partial charge in [0.15, 0.2) is 17.6 Å². The first-order chi connectivity index (χ1) is 17.4. The van der Waals surface area contributed by atoms with Gasteiger partial charge >= 0.3 is 0 Å². The summed E-state index contributed by atoms with van der Waals surface area (Å²) < 4.78 is 7.60. The molecule has 4 aromatic rings. The van der Waals surface area contributed by atoms with Gasteiger partial charge in [-0.2, -0.15) is 0 Å². The van der Waals surface area contributed by atoms with E-state index >= 15 is 0 Å². The fourth-order valence-corrected chi connectivity index (χ4v) is 4.68. The fourth-order valence-electron chi connectivity index (χ4n) is 3.86. The van der Waals surface area contributed by atoms with Crippen molar-refractivity contribution in [2.75, 3.05) is 17.7 Å². The highest BCUT2D eigenvalue weighted by molar-refractivity contribution is 7.99. The monoisotopic (exact) mass is 503 g/mol. The normalized spacial score (nSPS) is 10.9. The molecule has 0 bridgehead atoms. The quantitative estimate of drug-likeness (QED) is 0.309. The molecule has 1 heterocycles. The van der Waals surface area contributed by atoms with E-state index < -0.39 is 0 Å². The largest absolute Gasteiger partial charge is 0.483 e. The minimum Gasteiger partial charge on any atom is -0.483 e. The molecule has 8 nitrogen and oxygen atoms in total. The third-order valence-electron chi connectivity index (χ3n) is 5.68. The topological polar surface area (TPSA) is 98.1 Å². The minimum atomic E-state index is -0.243. The molecule has 0 spiro atoms. The second-order valence-corrected chi connectivity index (χ2v) is 9.27. The van der Waals surface area contributed by atoms with Gasteiger partial charge in [0.1, 0.15) is 5.75 Å². The van der Waals surface area contributed by atoms with E-state index in [1.165, 1.54) is 11.8 Å². The Hall–Kier alpha value is -3.85. The van der Waals surface area contributed by atoms with Crippen molar-refractivity contribution in [2.24, 2.45) is 0 Å². The molecule has 0 aliphatic carbocycles. The van der Waals surface area contributed by atoms with Crippen molar-refractivity contribution >= 4 is 40.0 Å². The zero-order chi connectivity index (χ0) is 25.5. The number of aryl methyl sites for hydroxylation is 2. The summed E-state index contributed by atoms with van der Waals surface area (Å²) in [5.74, 6) is 1.17. The van der Waals surface area contributed by atoms with Gasteiger partial charge in [-0.3, -0.25) is 9.59 Å². The van der Waals surface area contributed by atoms with Crippen molar-refractivity contribution in [1.82, 2.24) is 20.1 Å². The Bertz CT molecular complexity index is 1360. The Kier molecular flexibility index (Phi) is 8.22. The molecule has 0 aliphatic rings. The average Bonchev–Trinajstić information content (AvgIpc) is 3.27. The standard InChI is InChI=1S/C27H29N5O3S/c1-4-32-23(15-28-24(33)16-35-26-18(2)8-7-9-19(26)3)30-31-27(32)36-17-25(34)29-22-13-12-20-10-5-6-11-21(20)14-22/h5-14H,4,15-17H2,1-3H3,(H,28,33)(H,29,34). The van der Waals surface area contributed by atoms with Crippen LogP contribution < -0.4 is 15.4 Å². The van der Waals surface area contributed by atoms with Gasteiger partial charge in [-0.15, -0.1) is 10.2 Å². The van der Waals surface area contributed by atoms with E-state index in [-0.39, 0.29) is 30.7 Å². The van der Waals surface area contributed by atoms with Gasteiger partial charge in [0.25, 0.3) is 5.91 Å². The lowest BCUT2D eigenvalue weighted by Gasteiger charge is -2.12. The highest BCUT2D eigenvalue weighted by Gasteiger charge is 2.15. The Morgan fingerprint density at radius 3 is 2.44 bits per heavy atom. The molecule has 0 unspecified atom stereocenters. The number of hydrogen-bond acceptors (Lipinski definition) is 6. The molecule has 0 atom stereocenters. The van der Waals surface area contributed by atoms with Crippen molar-refractivity contribution in [3.63, 3.8) is 0 Å². The SMILES string of the molecule is CCn1c(CNC(=O)COc2c(C)cccc2C)nnc1SCC(=O)Nc1ccc2ccccc2c1. The lowest BCUT2D eigenvalue weighted by Crippen LogP contribution is -2.29. The number of benzene rings is 3. The van der Waals surface area contributed by atoms with E-state index in [4.69, 9.17) is 4.74 Å². The first-order valence-electron chi connectivity index (χ1n) is 11.7. The van der Waals surface area contributed by atoms with E-state index in [1.807, 2.05) is 86.0 Å². The Labute approximate surface area is 214 Å². The number of hydrogen-bond donors (Lipinski definition) is 2. The van der Waals surface area contributed by atoms with Gasteiger partial charge in [0, 0.05) is 12.2 Å². The van der Waals surface area contributed by atoms with E-state index in [0.29, 0.717) is 17.5 Å². The molecule has 36 heavy (non-hydrogen) atoms. The summed E-state index contributed by atoms with van der Waals surface area (Å²) in [6.45, 7) is 6.63. The summed E-state index contributed by atoms with van der Waals surface area (Å²) in [4.78, 5) is 24.9. The predicted octanol–water partition coefficient (Wildman–Crippen LogP) is 4.49. The van der Waals surface area contributed by atoms with Crippen LogP contribution >= 0.6 is 11.8 Å². The van der Waals surface area contributed by atoms with Crippen LogP contribution in [0.25, 0.3) is 10.8 Å². The van der Waals surface area contributed by atoms with Crippen LogP contribution in [0.1, 0.15) is 23.9 Å². The number of rotatable bonds is 10. The van der Waals surface area contributed by atoms with Gasteiger partial charge < -0.3 is 19.9 Å². The molecule has 186 valence electrons. The Morgan fingerprint density at radius 1 is 0.944 bits per heavy atom. The van der Waals surface area contributed by atoms with Crippen LogP contribution in [0.2, 0.25) is 0 Å². The number of thioether (sulfide) groups is 1. The number of para-hydroxylation sites is 1. The maximum absolute atomic E-state index is 12.5. The molecule has 3 aromatic carbocycles. The van der Waals surface area contributed by atoms with Crippen molar-refractivity contribution in [2.45, 2.75) is 39.0 Å². The van der Waals surface area contributed by atoms with E-state index in [2.05, 4.69) is 20.8 Å². The highest BCUT2D eigenvalue weighted by Crippen LogP contribution is 2.23. The van der Waals surface area contributed by atoms with Crippen molar-refractivity contribution in [3.8, 4) is 5.75 Å². The Balaban J connectivity index is 1.28. The van der Waals surface area contributed by atoms with Crippen LogP contribution in [0, 0.1) is 13.8 Å². The number of carbonyl (C=O) groups is 2. The first kappa shape index (κ1) is 25.2. The zero-order valence-electron chi connectivity index (χ0n) is 20.6. The average molecular weight is 504 g/mol. The number of amides is 2. The Morgan fingerprint density at radius 2 is 1.69 bits per heavy atom. The second kappa shape index (κ2) is 11.7. The van der Waals surface area contributed by atoms with Gasteiger partial charge in [0.05, 0.1) is 12.3 Å². The van der Waals surface area contributed by atoms with E-state index in [9.17, 15) is 9.59 Å². The molecule has 2 amide bonds. The molecular formula is C27H29N5O3S. The number of nitrogens with zero attached hydrogens (tertiary/aromatic N) is 3. The molecular weight excluding hydrogens is 474 g/mol. The molecule has 0 radical (unpaired) electrons. The summed E-state index contributed by atoms with van der Waals surface area (Å²) in [5.41, 5.74) is 2.72. The molecule has 9 heteroatoms. The summed E-state index contributed by atoms with van der Waals surface area (Å²) in [7, 11) is 0. The number of aromatic nitrogens is 3. The van der Waals surface area contributed by atoms with Crippen LogP contribution in [0.4, 0.5) is 5.69 Å². The molecule has 0 saturated heterocycles. The molecule has 2 N–H and O–H groups in total. The maximum atomic E-state index is 12.5. The van der Waals surface area contributed by atoms with Crippen molar-refractivity contribution in [3.05, 3.63) is 77.6 Å². The minimum absolute atomic E-state index is 0.0808. The molecule has 4 rings (SSSR count). The number of carbonyl (C=O) groups excluding carboxylic acids is 2. The van der Waals surface area contributed by atoms with E-state index in [1.54, 1.807) is 0 Å². The van der Waals surface area contributed by atoms with Crippen LogP contribution in [0.15, 0.2) is 65.8 Å². The number of nitrogens with one attached hydrogen (secondary N) is 2. The summed E-state index contributed by atoms with van der Waals surface area (Å²) >= 11 is 1.31. The van der Waals surface area contributed by atoms with Crippen LogP contribution in [-0.2, 0) is 22.7 Å². The van der Waals surface area contributed by atoms with Gasteiger partial charge in [0.2, 0.25) is 5.91 Å². The van der Waals surface area contributed by atoms with Crippen LogP contribution in [-0.4, -0.2) is 38.9 Å². The lowest BCUT2D eigenvalue weighted by molar-refractivity contribution is -0.123. The zero-order valence-corrected chi connectivity index (χ0v) is 21.4. The molecule has 0 aliphatic heterocycles. The van der Waals surface area contributed by atoms with Gasteiger partial charge in [-0.1, -0.05) is 60.3 Å². The summed E-state index contributed by atoms with van der Waals surface area (Å²) in [5, 5.41) is 17.0. The number of fused-ring (bicyclic) bond motifs is 1. The molecule has 1 aromatic heterocycles. The maximum Gasteiger partial charge on any atom is 0.258 e. The molecule has 0 fully saturated rings. The third kappa shape index (κ3) is 6.23. The van der Waals surface area contributed by atoms with Gasteiger partial charge in [-0.25, -0.2) is 0 Å². The number of ether oxygens (including phenoxy) is 1. The van der Waals surface area contributed by atoms with E-state index in [0.717, 1.165) is 33.3 Å². The predicted molar refractivity (Wildman–Crippen MR) is 142 cm³/mol. The second-order valence-electron chi connectivity index (χ2n) is 8.33.